The molecule has 0 aromatic heterocycles. The normalized spacial score (nSPS) is 19.2. The quantitative estimate of drug-likeness (QED) is 0.497. The molecule has 1 aliphatic rings. The summed E-state index contributed by atoms with van der Waals surface area (Å²) in [5, 5.41) is 1.45. The number of nitrogens with one attached hydrogen (secondary N) is 1. The van der Waals surface area contributed by atoms with Gasteiger partial charge in [0.1, 0.15) is 11.4 Å². The van der Waals surface area contributed by atoms with Crippen LogP contribution in [0.4, 0.5) is 9.18 Å². The highest BCUT2D eigenvalue weighted by Crippen LogP contribution is 2.37. The van der Waals surface area contributed by atoms with Crippen molar-refractivity contribution < 1.29 is 32.8 Å². The van der Waals surface area contributed by atoms with Gasteiger partial charge in [0.25, 0.3) is 0 Å². The Hall–Kier alpha value is -1.91. The first-order chi connectivity index (χ1) is 14.9. The third-order valence-corrected chi connectivity index (χ3v) is 7.12. The van der Waals surface area contributed by atoms with E-state index in [1.54, 1.807) is 46.8 Å². The Morgan fingerprint density at radius 1 is 1.15 bits per heavy atom. The van der Waals surface area contributed by atoms with Crippen molar-refractivity contribution in [3.8, 4) is 0 Å². The van der Waals surface area contributed by atoms with Crippen LogP contribution in [-0.4, -0.2) is 52.8 Å². The number of hydrogen-bond donors (Lipinski definition) is 1. The number of benzene rings is 1. The Kier molecular flexibility index (Phi) is 7.77. The summed E-state index contributed by atoms with van der Waals surface area (Å²) in [6, 6.07) is 3.27. The van der Waals surface area contributed by atoms with E-state index in [-0.39, 0.29) is 28.8 Å². The first-order valence-corrected chi connectivity index (χ1v) is 12.2. The molecule has 1 saturated heterocycles. The second-order valence-electron chi connectivity index (χ2n) is 10.7. The van der Waals surface area contributed by atoms with Crippen LogP contribution in [0.2, 0.25) is 0 Å². The van der Waals surface area contributed by atoms with Crippen LogP contribution in [0.5, 0.6) is 0 Å². The highest BCUT2D eigenvalue weighted by Gasteiger charge is 2.52. The molecule has 2 rings (SSSR count). The van der Waals surface area contributed by atoms with Crippen LogP contribution in [0.15, 0.2) is 12.1 Å². The Bertz CT molecular complexity index is 901. The van der Waals surface area contributed by atoms with Crippen LogP contribution in [0.25, 0.3) is 0 Å². The zero-order chi connectivity index (χ0) is 25.4. The molecular formula is C23H37BFNO6Si. The number of carbonyl (C=O) groups excluding carboxylic acids is 2. The second kappa shape index (κ2) is 9.39. The Balaban J connectivity index is 2.53. The highest BCUT2D eigenvalue weighted by molar-refractivity contribution is 6.62. The number of halogens is 1. The topological polar surface area (TPSA) is 83.1 Å². The summed E-state index contributed by atoms with van der Waals surface area (Å²) in [4.78, 5) is 25.1. The summed E-state index contributed by atoms with van der Waals surface area (Å²) < 4.78 is 38.3. The van der Waals surface area contributed by atoms with Gasteiger partial charge < -0.3 is 24.1 Å². The molecule has 7 nitrogen and oxygen atoms in total. The Morgan fingerprint density at radius 3 is 2.18 bits per heavy atom. The van der Waals surface area contributed by atoms with Crippen LogP contribution in [0, 0.1) is 12.7 Å². The number of rotatable bonds is 6. The minimum absolute atomic E-state index is 0.179. The number of aryl methyl sites for hydroxylation is 1. The van der Waals surface area contributed by atoms with Crippen LogP contribution in [0.3, 0.4) is 0 Å². The van der Waals surface area contributed by atoms with Crippen molar-refractivity contribution in [2.75, 3.05) is 6.61 Å². The largest absolute Gasteiger partial charge is 0.494 e. The maximum Gasteiger partial charge on any atom is 0.494 e. The summed E-state index contributed by atoms with van der Waals surface area (Å²) in [7, 11) is -0.514. The molecule has 1 fully saturated rings. The fourth-order valence-electron chi connectivity index (χ4n) is 3.55. The molecule has 1 aromatic carbocycles. The molecule has 0 bridgehead atoms. The Labute approximate surface area is 199 Å². The summed E-state index contributed by atoms with van der Waals surface area (Å²) >= 11 is 0. The smallest absolute Gasteiger partial charge is 0.466 e. The maximum absolute atomic E-state index is 15.5. The number of carbonyl (C=O) groups is 2. The van der Waals surface area contributed by atoms with Crippen molar-refractivity contribution in [2.45, 2.75) is 90.7 Å². The third-order valence-electron chi connectivity index (χ3n) is 5.98. The lowest BCUT2D eigenvalue weighted by Gasteiger charge is -2.33. The second-order valence-corrected chi connectivity index (χ2v) is 12.4. The highest BCUT2D eigenvalue weighted by atomic mass is 28.1. The third kappa shape index (κ3) is 6.36. The zero-order valence-electron chi connectivity index (χ0n) is 21.5. The molecule has 33 heavy (non-hydrogen) atoms. The van der Waals surface area contributed by atoms with Gasteiger partial charge in [-0.2, -0.15) is 0 Å². The molecule has 1 aliphatic heterocycles. The molecule has 0 aliphatic carbocycles. The van der Waals surface area contributed by atoms with Crippen molar-refractivity contribution >= 4 is 34.9 Å². The number of esters is 1. The van der Waals surface area contributed by atoms with E-state index in [1.165, 1.54) is 0 Å². The van der Waals surface area contributed by atoms with Gasteiger partial charge in [-0.3, -0.25) is 4.79 Å². The van der Waals surface area contributed by atoms with Crippen LogP contribution < -0.4 is 10.8 Å². The molecule has 184 valence electrons. The van der Waals surface area contributed by atoms with E-state index < -0.39 is 47.0 Å². The minimum atomic E-state index is -1.30. The minimum Gasteiger partial charge on any atom is -0.466 e. The van der Waals surface area contributed by atoms with Crippen molar-refractivity contribution in [2.24, 2.45) is 0 Å². The zero-order valence-corrected chi connectivity index (χ0v) is 23.5. The van der Waals surface area contributed by atoms with E-state index >= 15 is 4.39 Å². The number of hydrogen-bond acceptors (Lipinski definition) is 6. The van der Waals surface area contributed by atoms with Gasteiger partial charge in [0.15, 0.2) is 0 Å². The standard InChI is InChI=1S/C23H37BFNO6Si/c1-10-29-17(27)13-23(33,26-19(28)30-20(3,4)5)16-12-15(11-14(2)18(16)25)24-31-21(6,7)22(8,9)32-24/h11-12H,10,13H2,1-9,33H3,(H,26,28)/t23-/m0/s1. The number of amides is 1. The van der Waals surface area contributed by atoms with Gasteiger partial charge in [0, 0.05) is 15.8 Å². The monoisotopic (exact) mass is 481 g/mol. The first kappa shape index (κ1) is 27.3. The van der Waals surface area contributed by atoms with Gasteiger partial charge in [0.2, 0.25) is 0 Å². The van der Waals surface area contributed by atoms with Gasteiger partial charge in [-0.05, 0) is 73.3 Å². The molecule has 0 radical (unpaired) electrons. The maximum atomic E-state index is 15.5. The molecule has 1 amide bonds. The molecule has 1 N–H and O–H groups in total. The molecular weight excluding hydrogens is 444 g/mol. The lowest BCUT2D eigenvalue weighted by Crippen LogP contribution is -2.51. The predicted molar refractivity (Wildman–Crippen MR) is 129 cm³/mol. The van der Waals surface area contributed by atoms with E-state index in [9.17, 15) is 9.59 Å². The SMILES string of the molecule is CCOC(=O)C[C@@]([SiH3])(NC(=O)OC(C)(C)C)c1cc(B2OC(C)(C)C(C)(C)O2)cc(C)c1F. The number of ether oxygens (including phenoxy) is 2. The lowest BCUT2D eigenvalue weighted by atomic mass is 9.76. The molecule has 10 heteroatoms. The average molecular weight is 481 g/mol. The Morgan fingerprint density at radius 2 is 1.70 bits per heavy atom. The van der Waals surface area contributed by atoms with Crippen LogP contribution >= 0.6 is 0 Å². The first-order valence-electron chi connectivity index (χ1n) is 11.2. The summed E-state index contributed by atoms with van der Waals surface area (Å²) in [5.41, 5.74) is -0.756. The molecule has 1 aromatic rings. The van der Waals surface area contributed by atoms with Gasteiger partial charge in [0.05, 0.1) is 29.4 Å². The molecule has 0 unspecified atom stereocenters. The molecule has 0 saturated carbocycles. The number of alkyl carbamates (subject to hydrolysis) is 1. The fourth-order valence-corrected chi connectivity index (χ4v) is 4.41. The summed E-state index contributed by atoms with van der Waals surface area (Å²) in [6.07, 6.45) is -0.963. The van der Waals surface area contributed by atoms with Gasteiger partial charge in [-0.1, -0.05) is 12.1 Å². The van der Waals surface area contributed by atoms with Crippen molar-refractivity contribution in [1.82, 2.24) is 5.32 Å². The van der Waals surface area contributed by atoms with Crippen molar-refractivity contribution in [1.29, 1.82) is 0 Å². The van der Waals surface area contributed by atoms with Crippen LogP contribution in [0.1, 0.15) is 72.9 Å². The van der Waals surface area contributed by atoms with E-state index in [0.29, 0.717) is 11.0 Å². The molecule has 1 heterocycles. The van der Waals surface area contributed by atoms with Gasteiger partial charge in [-0.25, -0.2) is 9.18 Å². The molecule has 1 atom stereocenters. The van der Waals surface area contributed by atoms with Gasteiger partial charge >= 0.3 is 19.2 Å². The molecule has 0 spiro atoms. The van der Waals surface area contributed by atoms with E-state index in [1.807, 2.05) is 27.7 Å². The summed E-state index contributed by atoms with van der Waals surface area (Å²) in [5.74, 6) is -1.05. The summed E-state index contributed by atoms with van der Waals surface area (Å²) in [6.45, 7) is 16.4. The predicted octanol–water partition coefficient (Wildman–Crippen LogP) is 2.43. The van der Waals surface area contributed by atoms with E-state index in [2.05, 4.69) is 5.32 Å². The van der Waals surface area contributed by atoms with Crippen LogP contribution in [-0.2, 0) is 28.7 Å². The van der Waals surface area contributed by atoms with Crippen molar-refractivity contribution in [3.63, 3.8) is 0 Å². The van der Waals surface area contributed by atoms with E-state index in [0.717, 1.165) is 0 Å². The average Bonchev–Trinajstić information content (AvgIpc) is 2.82. The van der Waals surface area contributed by atoms with Crippen molar-refractivity contribution in [3.05, 3.63) is 29.1 Å². The van der Waals surface area contributed by atoms with E-state index in [4.69, 9.17) is 18.8 Å². The fraction of sp³-hybridized carbons (Fsp3) is 0.652. The van der Waals surface area contributed by atoms with Gasteiger partial charge in [-0.15, -0.1) is 0 Å². The lowest BCUT2D eigenvalue weighted by molar-refractivity contribution is -0.144.